The molecule has 0 spiro atoms. The van der Waals surface area contributed by atoms with E-state index in [0.29, 0.717) is 11.7 Å². The monoisotopic (exact) mass is 260 g/mol. The van der Waals surface area contributed by atoms with Crippen molar-refractivity contribution in [3.8, 4) is 0 Å². The standard InChI is InChI=1S/C18H28O/c1-14(2)11-12-18(5,17(19)15(3)4)13-16-9-7-6-8-10-16/h6-10,14-15H,11-13H2,1-5H3. The molecular weight excluding hydrogens is 232 g/mol. The number of carbonyl (C=O) groups is 1. The molecule has 0 heterocycles. The molecule has 1 aromatic carbocycles. The fourth-order valence-corrected chi connectivity index (χ4v) is 2.65. The van der Waals surface area contributed by atoms with E-state index in [-0.39, 0.29) is 11.3 Å². The van der Waals surface area contributed by atoms with Crippen molar-refractivity contribution >= 4 is 5.78 Å². The van der Waals surface area contributed by atoms with E-state index in [2.05, 4.69) is 45.0 Å². The molecular formula is C18H28O. The highest BCUT2D eigenvalue weighted by Gasteiger charge is 2.34. The summed E-state index contributed by atoms with van der Waals surface area (Å²) in [6.07, 6.45) is 2.95. The summed E-state index contributed by atoms with van der Waals surface area (Å²) >= 11 is 0. The van der Waals surface area contributed by atoms with Crippen LogP contribution in [0.1, 0.15) is 53.0 Å². The summed E-state index contributed by atoms with van der Waals surface area (Å²) in [5.74, 6) is 1.16. The van der Waals surface area contributed by atoms with Crippen LogP contribution in [0.4, 0.5) is 0 Å². The Morgan fingerprint density at radius 1 is 1.11 bits per heavy atom. The average molecular weight is 260 g/mol. The maximum Gasteiger partial charge on any atom is 0.141 e. The van der Waals surface area contributed by atoms with Gasteiger partial charge in [-0.2, -0.15) is 0 Å². The van der Waals surface area contributed by atoms with E-state index < -0.39 is 0 Å². The third-order valence-electron chi connectivity index (χ3n) is 3.83. The number of hydrogen-bond acceptors (Lipinski definition) is 1. The third kappa shape index (κ3) is 4.81. The molecule has 0 bridgehead atoms. The van der Waals surface area contributed by atoms with Crippen molar-refractivity contribution in [1.29, 1.82) is 0 Å². The Morgan fingerprint density at radius 2 is 1.68 bits per heavy atom. The maximum absolute atomic E-state index is 12.6. The van der Waals surface area contributed by atoms with Gasteiger partial charge in [0.05, 0.1) is 0 Å². The minimum atomic E-state index is -0.222. The van der Waals surface area contributed by atoms with Gasteiger partial charge in [-0.3, -0.25) is 4.79 Å². The summed E-state index contributed by atoms with van der Waals surface area (Å²) < 4.78 is 0. The van der Waals surface area contributed by atoms with Crippen molar-refractivity contribution in [3.63, 3.8) is 0 Å². The molecule has 1 unspecified atom stereocenters. The largest absolute Gasteiger partial charge is 0.299 e. The number of hydrogen-bond donors (Lipinski definition) is 0. The lowest BCUT2D eigenvalue weighted by molar-refractivity contribution is -0.131. The molecule has 106 valence electrons. The van der Waals surface area contributed by atoms with Crippen LogP contribution >= 0.6 is 0 Å². The molecule has 0 radical (unpaired) electrons. The highest BCUT2D eigenvalue weighted by atomic mass is 16.1. The van der Waals surface area contributed by atoms with E-state index in [1.807, 2.05) is 19.9 Å². The Morgan fingerprint density at radius 3 is 2.16 bits per heavy atom. The summed E-state index contributed by atoms with van der Waals surface area (Å²) in [6, 6.07) is 10.4. The Hall–Kier alpha value is -1.11. The Labute approximate surface area is 118 Å². The van der Waals surface area contributed by atoms with Crippen molar-refractivity contribution in [2.75, 3.05) is 0 Å². The first-order valence-electron chi connectivity index (χ1n) is 7.43. The Balaban J connectivity index is 2.88. The molecule has 0 aromatic heterocycles. The number of ketones is 1. The zero-order chi connectivity index (χ0) is 14.5. The molecule has 1 heteroatoms. The summed E-state index contributed by atoms with van der Waals surface area (Å²) in [7, 11) is 0. The molecule has 0 aliphatic carbocycles. The van der Waals surface area contributed by atoms with Crippen LogP contribution in [0.2, 0.25) is 0 Å². The molecule has 0 amide bonds. The molecule has 1 nitrogen and oxygen atoms in total. The lowest BCUT2D eigenvalue weighted by atomic mass is 9.72. The van der Waals surface area contributed by atoms with Crippen LogP contribution in [0.5, 0.6) is 0 Å². The van der Waals surface area contributed by atoms with Crippen molar-refractivity contribution in [1.82, 2.24) is 0 Å². The van der Waals surface area contributed by atoms with Gasteiger partial charge in [-0.05, 0) is 24.3 Å². The summed E-state index contributed by atoms with van der Waals surface area (Å²) in [6.45, 7) is 10.6. The number of Topliss-reactive ketones (excluding diaryl/α,β-unsaturated/α-hetero) is 1. The maximum atomic E-state index is 12.6. The van der Waals surface area contributed by atoms with Crippen LogP contribution in [0.25, 0.3) is 0 Å². The Kier molecular flexibility index (Phi) is 5.78. The van der Waals surface area contributed by atoms with Gasteiger partial charge in [-0.15, -0.1) is 0 Å². The van der Waals surface area contributed by atoms with Crippen molar-refractivity contribution in [2.45, 2.75) is 53.9 Å². The SMILES string of the molecule is CC(C)CCC(C)(Cc1ccccc1)C(=O)C(C)C. The zero-order valence-electron chi connectivity index (χ0n) is 13.1. The molecule has 0 N–H and O–H groups in total. The molecule has 1 rings (SSSR count). The van der Waals surface area contributed by atoms with Gasteiger partial charge in [-0.25, -0.2) is 0 Å². The summed E-state index contributed by atoms with van der Waals surface area (Å²) in [5, 5.41) is 0. The van der Waals surface area contributed by atoms with Gasteiger partial charge in [-0.1, -0.05) is 71.4 Å². The normalized spacial score (nSPS) is 14.7. The predicted octanol–water partition coefficient (Wildman–Crippen LogP) is 4.90. The predicted molar refractivity (Wildman–Crippen MR) is 82.2 cm³/mol. The highest BCUT2D eigenvalue weighted by Crippen LogP contribution is 2.33. The van der Waals surface area contributed by atoms with E-state index in [0.717, 1.165) is 19.3 Å². The fraction of sp³-hybridized carbons (Fsp3) is 0.611. The van der Waals surface area contributed by atoms with Crippen molar-refractivity contribution < 1.29 is 4.79 Å². The number of benzene rings is 1. The van der Waals surface area contributed by atoms with Crippen LogP contribution in [-0.4, -0.2) is 5.78 Å². The zero-order valence-corrected chi connectivity index (χ0v) is 13.1. The molecule has 0 saturated heterocycles. The molecule has 0 aliphatic heterocycles. The lowest BCUT2D eigenvalue weighted by Gasteiger charge is -2.31. The van der Waals surface area contributed by atoms with E-state index in [9.17, 15) is 4.79 Å². The number of rotatable bonds is 7. The first kappa shape index (κ1) is 15.9. The second-order valence-corrected chi connectivity index (χ2v) is 6.67. The minimum absolute atomic E-state index is 0.112. The Bertz CT molecular complexity index is 391. The first-order chi connectivity index (χ1) is 8.85. The molecule has 0 aliphatic rings. The third-order valence-corrected chi connectivity index (χ3v) is 3.83. The average Bonchev–Trinajstić information content (AvgIpc) is 2.36. The van der Waals surface area contributed by atoms with E-state index >= 15 is 0 Å². The van der Waals surface area contributed by atoms with Gasteiger partial charge in [0, 0.05) is 11.3 Å². The summed E-state index contributed by atoms with van der Waals surface area (Å²) in [4.78, 5) is 12.6. The fourth-order valence-electron chi connectivity index (χ4n) is 2.65. The van der Waals surface area contributed by atoms with Gasteiger partial charge in [0.2, 0.25) is 0 Å². The molecule has 1 atom stereocenters. The van der Waals surface area contributed by atoms with Crippen molar-refractivity contribution in [2.24, 2.45) is 17.3 Å². The number of carbonyl (C=O) groups excluding carboxylic acids is 1. The molecule has 0 fully saturated rings. The second-order valence-electron chi connectivity index (χ2n) is 6.67. The highest BCUT2D eigenvalue weighted by molar-refractivity contribution is 5.86. The van der Waals surface area contributed by atoms with Crippen LogP contribution in [0.15, 0.2) is 30.3 Å². The van der Waals surface area contributed by atoms with Gasteiger partial charge < -0.3 is 0 Å². The molecule has 0 saturated carbocycles. The second kappa shape index (κ2) is 6.88. The lowest BCUT2D eigenvalue weighted by Crippen LogP contribution is -2.34. The van der Waals surface area contributed by atoms with E-state index in [1.54, 1.807) is 0 Å². The van der Waals surface area contributed by atoms with Crippen LogP contribution < -0.4 is 0 Å². The smallest absolute Gasteiger partial charge is 0.141 e. The first-order valence-corrected chi connectivity index (χ1v) is 7.43. The molecule has 19 heavy (non-hydrogen) atoms. The quantitative estimate of drug-likeness (QED) is 0.681. The van der Waals surface area contributed by atoms with E-state index in [4.69, 9.17) is 0 Å². The van der Waals surface area contributed by atoms with Gasteiger partial charge in [0.1, 0.15) is 5.78 Å². The topological polar surface area (TPSA) is 17.1 Å². The van der Waals surface area contributed by atoms with Gasteiger partial charge in [0.15, 0.2) is 0 Å². The molecule has 1 aromatic rings. The minimum Gasteiger partial charge on any atom is -0.299 e. The van der Waals surface area contributed by atoms with Crippen LogP contribution in [0.3, 0.4) is 0 Å². The summed E-state index contributed by atoms with van der Waals surface area (Å²) in [5.41, 5.74) is 1.04. The van der Waals surface area contributed by atoms with Gasteiger partial charge in [0.25, 0.3) is 0 Å². The van der Waals surface area contributed by atoms with Crippen LogP contribution in [0, 0.1) is 17.3 Å². The van der Waals surface area contributed by atoms with E-state index in [1.165, 1.54) is 5.56 Å². The van der Waals surface area contributed by atoms with Gasteiger partial charge >= 0.3 is 0 Å². The van der Waals surface area contributed by atoms with Crippen LogP contribution in [-0.2, 0) is 11.2 Å². The van der Waals surface area contributed by atoms with Crippen molar-refractivity contribution in [3.05, 3.63) is 35.9 Å².